The van der Waals surface area contributed by atoms with Gasteiger partial charge in [-0.15, -0.1) is 0 Å². The van der Waals surface area contributed by atoms with Gasteiger partial charge in [-0.05, 0) is 142 Å². The average molecular weight is 1680 g/mol. The first-order chi connectivity index (χ1) is 32.6. The van der Waals surface area contributed by atoms with E-state index in [1.165, 1.54) is 90.6 Å². The Morgan fingerprint density at radius 3 is 0.671 bits per heavy atom. The Morgan fingerprint density at radius 1 is 0.430 bits per heavy atom. The summed E-state index contributed by atoms with van der Waals surface area (Å²) in [6.07, 6.45) is 11.2. The van der Waals surface area contributed by atoms with E-state index in [1.54, 1.807) is 25.9 Å². The van der Waals surface area contributed by atoms with E-state index >= 15 is 0 Å². The van der Waals surface area contributed by atoms with E-state index < -0.39 is 0 Å². The van der Waals surface area contributed by atoms with Crippen molar-refractivity contribution in [3.8, 4) is 0 Å². The van der Waals surface area contributed by atoms with E-state index in [0.29, 0.717) is 55.3 Å². The summed E-state index contributed by atoms with van der Waals surface area (Å²) in [6, 6.07) is 0. The normalized spacial score (nSPS) is 12.1. The number of aliphatic hydroxyl groups is 1. The maximum absolute atomic E-state index is 8.40. The number of quaternary nitrogens is 3. The molecule has 79 heavy (non-hydrogen) atoms. The number of hydrogen-bond acceptors (Lipinski definition) is 4. The molecule has 0 atom stereocenters. The molecule has 498 valence electrons. The topological polar surface area (TPSA) is 106 Å². The van der Waals surface area contributed by atoms with E-state index in [1.807, 2.05) is 0 Å². The van der Waals surface area contributed by atoms with Crippen molar-refractivity contribution in [1.82, 2.24) is 4.90 Å². The summed E-state index contributed by atoms with van der Waals surface area (Å²) in [5.41, 5.74) is 4.19. The predicted molar refractivity (Wildman–Crippen MR) is 371 cm³/mol. The van der Waals surface area contributed by atoms with Crippen LogP contribution in [0.25, 0.3) is 0 Å². The van der Waals surface area contributed by atoms with Crippen molar-refractivity contribution >= 4 is 82.4 Å². The summed E-state index contributed by atoms with van der Waals surface area (Å²) in [6.45, 7) is 69.4. The molecule has 0 aliphatic rings. The molecule has 0 aromatic carbocycles. The van der Waals surface area contributed by atoms with Crippen LogP contribution >= 0.6 is 82.4 Å². The predicted octanol–water partition coefficient (Wildman–Crippen LogP) is 16.7. The average Bonchev–Trinajstić information content (AvgIpc) is 3.13. The molecule has 0 bridgehead atoms. The molecule has 0 amide bonds. The van der Waals surface area contributed by atoms with E-state index in [9.17, 15) is 0 Å². The van der Waals surface area contributed by atoms with E-state index in [0.717, 1.165) is 26.0 Å². The molecule has 0 fully saturated rings. The molecule has 0 aromatic heterocycles. The summed E-state index contributed by atoms with van der Waals surface area (Å²) in [5, 5.41) is 10.6. The quantitative estimate of drug-likeness (QED) is 0.0737. The summed E-state index contributed by atoms with van der Waals surface area (Å²) in [7, 11) is 18.1. The molecule has 0 heterocycles. The van der Waals surface area contributed by atoms with Gasteiger partial charge < -0.3 is 34.8 Å². The van der Waals surface area contributed by atoms with Gasteiger partial charge in [0.2, 0.25) is 0 Å². The van der Waals surface area contributed by atoms with Crippen LogP contribution in [-0.4, -0.2) is 143 Å². The van der Waals surface area contributed by atoms with Gasteiger partial charge in [-0.25, -0.2) is 0 Å². The Kier molecular flexibility index (Phi) is 84.1. The first kappa shape index (κ1) is 115. The molecule has 8 nitrogen and oxygen atoms in total. The number of halogens is 5. The van der Waals surface area contributed by atoms with Crippen LogP contribution in [-0.2, 0) is 46.7 Å². The van der Waals surface area contributed by atoms with Crippen LogP contribution in [0.2, 0.25) is 0 Å². The van der Waals surface area contributed by atoms with Crippen molar-refractivity contribution in [3.63, 3.8) is 0 Å². The van der Waals surface area contributed by atoms with Crippen molar-refractivity contribution in [1.29, 1.82) is 0 Å². The second-order valence-corrected chi connectivity index (χ2v) is 50.5. The number of hydrogen-bond donors (Lipinski definition) is 2. The van der Waals surface area contributed by atoms with E-state index in [-0.39, 0.29) is 66.9 Å². The second kappa shape index (κ2) is 58.0. The molecular formula is C62H146Ag2Br5N4NaO4P+3. The van der Waals surface area contributed by atoms with Crippen LogP contribution in [0.5, 0.6) is 0 Å². The van der Waals surface area contributed by atoms with Crippen molar-refractivity contribution in [2.45, 2.75) is 245 Å². The van der Waals surface area contributed by atoms with Gasteiger partial charge in [0.1, 0.15) is 4.03 Å². The molecule has 0 aromatic rings. The van der Waals surface area contributed by atoms with Crippen molar-refractivity contribution in [2.75, 3.05) is 113 Å². The molecule has 0 aliphatic heterocycles. The second-order valence-electron chi connectivity index (χ2n) is 33.6. The van der Waals surface area contributed by atoms with Gasteiger partial charge in [0.15, 0.2) is 0 Å². The minimum atomic E-state index is -0.183. The van der Waals surface area contributed by atoms with Crippen LogP contribution in [0.15, 0.2) is 0 Å². The van der Waals surface area contributed by atoms with Crippen LogP contribution in [0.1, 0.15) is 245 Å². The Balaban J connectivity index is -0.0000000581. The van der Waals surface area contributed by atoms with Gasteiger partial charge in [-0.2, -0.15) is 0 Å². The van der Waals surface area contributed by atoms with Gasteiger partial charge >= 0.3 is 53.8 Å². The SMILES string of the molecule is BrP(Br)Br.CC(C)(C)CCBr.CC(C)(C)CCBr.CC(C)(C)CCO.CC(C)(C)CC[N+](C)(C)CCC(C)(C)C.CC(C)(C)CC[N+](C)(C)CCC(C)(C)C.CN(C)CCC(C)(C)C.C[NH+](C)CCC(C)(C)C.O.[Ag].[Na+].[OH-].[O]=[Ag]. The minimum absolute atomic E-state index is 0. The maximum atomic E-state index is 8.40. The Labute approximate surface area is 593 Å². The molecule has 5 N–H and O–H groups in total. The number of aliphatic hydroxyl groups excluding tert-OH is 1. The Bertz CT molecular complexity index is 1090. The molecular weight excluding hydrogens is 1530 g/mol. The first-order valence-electron chi connectivity index (χ1n) is 28.3. The van der Waals surface area contributed by atoms with Crippen LogP contribution in [0.3, 0.4) is 0 Å². The van der Waals surface area contributed by atoms with E-state index in [4.69, 9.17) is 8.36 Å². The van der Waals surface area contributed by atoms with Gasteiger partial charge in [0.05, 0.1) is 75.0 Å². The first-order valence-corrected chi connectivity index (χ1v) is 38.5. The van der Waals surface area contributed by atoms with Crippen LogP contribution in [0, 0.1) is 48.7 Å². The zero-order valence-corrected chi connectivity index (χ0v) is 73.6. The summed E-state index contributed by atoms with van der Waals surface area (Å²) < 4.78 is 10.2. The van der Waals surface area contributed by atoms with Gasteiger partial charge in [-0.1, -0.05) is 219 Å². The van der Waals surface area contributed by atoms with Gasteiger partial charge in [0, 0.05) is 71.8 Å². The van der Waals surface area contributed by atoms with Crippen molar-refractivity contribution in [2.24, 2.45) is 48.7 Å². The number of alkyl halides is 2. The molecule has 0 saturated carbocycles. The fraction of sp³-hybridized carbons (Fsp3) is 1.00. The summed E-state index contributed by atoms with van der Waals surface area (Å²) in [4.78, 5) is 3.77. The molecule has 1 radical (unpaired) electrons. The Hall–Kier alpha value is 4.83. The van der Waals surface area contributed by atoms with Crippen molar-refractivity contribution < 1.29 is 106 Å². The molecule has 0 aliphatic carbocycles. The standard InChI is InChI=1S/2C14H32N.2C8H19N.2C6H13Br.C6H14O.2Ag.Br3P.Na.2H2O.O/c2*1-13(2,3)9-11-15(7,8)12-10-14(4,5)6;2*1-8(2,3)6-7-9(4)5;3*1-6(2,3)4-5-7;;;1-4(2)3;;;;/h2*9-12H2,1-8H3;2*6-7H2,1-5H3;2*4-5H2,1-3H3;7H,4-5H2,1-3H3;;;;;2*1H2;/q2*+1;;;;;;;;;+1;;;. The fourth-order valence-electron chi connectivity index (χ4n) is 4.86. The van der Waals surface area contributed by atoms with Crippen molar-refractivity contribution in [3.05, 3.63) is 0 Å². The monoisotopic (exact) mass is 1670 g/mol. The fourth-order valence-corrected chi connectivity index (χ4v) is 7.24. The third kappa shape index (κ3) is 168. The zero-order chi connectivity index (χ0) is 63.0. The zero-order valence-electron chi connectivity index (χ0n) is 59.8. The van der Waals surface area contributed by atoms with Gasteiger partial charge in [-0.3, -0.25) is 0 Å². The van der Waals surface area contributed by atoms with Crippen LogP contribution < -0.4 is 34.5 Å². The summed E-state index contributed by atoms with van der Waals surface area (Å²) in [5.74, 6) is 0. The molecule has 0 unspecified atom stereocenters. The van der Waals surface area contributed by atoms with E-state index in [2.05, 4.69) is 327 Å². The number of nitrogens with zero attached hydrogens (tertiary/aromatic N) is 3. The molecule has 0 spiro atoms. The third-order valence-corrected chi connectivity index (χ3v) is 11.9. The Morgan fingerprint density at radius 2 is 0.608 bits per heavy atom. The van der Waals surface area contributed by atoms with Crippen LogP contribution in [0.4, 0.5) is 0 Å². The number of nitrogens with one attached hydrogen (secondary N) is 1. The molecule has 17 heteroatoms. The summed E-state index contributed by atoms with van der Waals surface area (Å²) >= 11 is 18.0. The molecule has 0 rings (SSSR count). The molecule has 0 saturated heterocycles. The number of rotatable bonds is 15. The third-order valence-electron chi connectivity index (χ3n) is 11.1. The van der Waals surface area contributed by atoms with Gasteiger partial charge in [0.25, 0.3) is 0 Å².